The highest BCUT2D eigenvalue weighted by atomic mass is 16.5. The van der Waals surface area contributed by atoms with E-state index in [-0.39, 0.29) is 11.5 Å². The van der Waals surface area contributed by atoms with Gasteiger partial charge in [0, 0.05) is 36.2 Å². The van der Waals surface area contributed by atoms with Gasteiger partial charge in [0.25, 0.3) is 0 Å². The second-order valence-electron chi connectivity index (χ2n) is 8.95. The smallest absolute Gasteiger partial charge is 0.339 e. The van der Waals surface area contributed by atoms with E-state index < -0.39 is 17.7 Å². The number of para-hydroxylation sites is 1. The number of nitrogens with one attached hydrogen (secondary N) is 1. The molecule has 7 nitrogen and oxygen atoms in total. The number of benzene rings is 1. The van der Waals surface area contributed by atoms with Gasteiger partial charge in [0.2, 0.25) is 5.43 Å². The summed E-state index contributed by atoms with van der Waals surface area (Å²) in [6, 6.07) is 9.51. The van der Waals surface area contributed by atoms with E-state index in [1.54, 1.807) is 6.92 Å². The fourth-order valence-corrected chi connectivity index (χ4v) is 4.08. The largest absolute Gasteiger partial charge is 0.479 e. The van der Waals surface area contributed by atoms with Gasteiger partial charge in [-0.3, -0.25) is 4.79 Å². The number of aliphatic carboxylic acids is 1. The number of nitrogens with zero attached hydrogens (tertiary/aromatic N) is 1. The van der Waals surface area contributed by atoms with Crippen LogP contribution in [0.2, 0.25) is 0 Å². The van der Waals surface area contributed by atoms with Crippen molar-refractivity contribution in [1.29, 1.82) is 0 Å². The van der Waals surface area contributed by atoms with Gasteiger partial charge in [-0.25, -0.2) is 4.79 Å². The lowest BCUT2D eigenvalue weighted by Gasteiger charge is -2.35. The molecule has 1 fully saturated rings. The van der Waals surface area contributed by atoms with E-state index in [0.717, 1.165) is 18.5 Å². The van der Waals surface area contributed by atoms with Gasteiger partial charge in [0.05, 0.1) is 11.3 Å². The minimum absolute atomic E-state index is 0.0183. The Morgan fingerprint density at radius 1 is 1.19 bits per heavy atom. The summed E-state index contributed by atoms with van der Waals surface area (Å²) in [5, 5.41) is 13.3. The molecule has 0 aliphatic carbocycles. The summed E-state index contributed by atoms with van der Waals surface area (Å²) in [5.41, 5.74) is 1.84. The molecule has 2 aromatic rings. The van der Waals surface area contributed by atoms with Gasteiger partial charge in [-0.2, -0.15) is 0 Å². The first-order valence-corrected chi connectivity index (χ1v) is 10.7. The molecule has 0 amide bonds. The Morgan fingerprint density at radius 3 is 2.35 bits per heavy atom. The third-order valence-corrected chi connectivity index (χ3v) is 5.48. The number of ether oxygens (including phenoxy) is 2. The Hall–Kier alpha value is -2.64. The van der Waals surface area contributed by atoms with Crippen LogP contribution in [0.5, 0.6) is 0 Å². The van der Waals surface area contributed by atoms with Crippen LogP contribution in [0.1, 0.15) is 62.7 Å². The fourth-order valence-electron chi connectivity index (χ4n) is 4.08. The third kappa shape index (κ3) is 5.17. The van der Waals surface area contributed by atoms with E-state index in [4.69, 9.17) is 9.47 Å². The molecule has 2 heterocycles. The zero-order chi connectivity index (χ0) is 22.8. The lowest BCUT2D eigenvalue weighted by atomic mass is 10.00. The SMILES string of the molecule is Cc1c(C(OC(C)(C)C)C(=O)O)n(C2CCOCC2)c(C)c(Nc2ccccc2)c1=O. The summed E-state index contributed by atoms with van der Waals surface area (Å²) >= 11 is 0. The van der Waals surface area contributed by atoms with Crippen molar-refractivity contribution in [3.05, 3.63) is 57.5 Å². The molecule has 1 aliphatic rings. The number of anilines is 2. The van der Waals surface area contributed by atoms with Crippen molar-refractivity contribution in [2.75, 3.05) is 18.5 Å². The number of pyridine rings is 1. The monoisotopic (exact) mass is 428 g/mol. The molecule has 2 N–H and O–H groups in total. The van der Waals surface area contributed by atoms with Crippen molar-refractivity contribution in [3.8, 4) is 0 Å². The maximum atomic E-state index is 13.4. The molecular weight excluding hydrogens is 396 g/mol. The van der Waals surface area contributed by atoms with Crippen molar-refractivity contribution in [3.63, 3.8) is 0 Å². The van der Waals surface area contributed by atoms with Gasteiger partial charge in [-0.1, -0.05) is 18.2 Å². The van der Waals surface area contributed by atoms with E-state index in [9.17, 15) is 14.7 Å². The second kappa shape index (κ2) is 9.24. The topological polar surface area (TPSA) is 89.8 Å². The highest BCUT2D eigenvalue weighted by Gasteiger charge is 2.35. The lowest BCUT2D eigenvalue weighted by Crippen LogP contribution is -2.35. The number of hydrogen-bond acceptors (Lipinski definition) is 5. The van der Waals surface area contributed by atoms with Crippen LogP contribution in [0.3, 0.4) is 0 Å². The number of carbonyl (C=O) groups is 1. The van der Waals surface area contributed by atoms with Gasteiger partial charge in [0.15, 0.2) is 6.10 Å². The van der Waals surface area contributed by atoms with Gasteiger partial charge in [-0.05, 0) is 59.6 Å². The summed E-state index contributed by atoms with van der Waals surface area (Å²) in [6.07, 6.45) is 0.228. The zero-order valence-corrected chi connectivity index (χ0v) is 18.9. The predicted octanol–water partition coefficient (Wildman–Crippen LogP) is 4.50. The summed E-state index contributed by atoms with van der Waals surface area (Å²) in [6.45, 7) is 10.2. The molecule has 0 spiro atoms. The minimum Gasteiger partial charge on any atom is -0.479 e. The molecular formula is C24H32N2O5. The predicted molar refractivity (Wildman–Crippen MR) is 120 cm³/mol. The van der Waals surface area contributed by atoms with Crippen LogP contribution < -0.4 is 10.7 Å². The molecule has 3 rings (SSSR count). The van der Waals surface area contributed by atoms with Crippen molar-refractivity contribution < 1.29 is 19.4 Å². The molecule has 168 valence electrons. The summed E-state index contributed by atoms with van der Waals surface area (Å²) < 4.78 is 13.5. The lowest BCUT2D eigenvalue weighted by molar-refractivity contribution is -0.161. The van der Waals surface area contributed by atoms with Crippen molar-refractivity contribution in [2.24, 2.45) is 0 Å². The zero-order valence-electron chi connectivity index (χ0n) is 18.9. The maximum Gasteiger partial charge on any atom is 0.339 e. The minimum atomic E-state index is -1.25. The molecule has 1 unspecified atom stereocenters. The van der Waals surface area contributed by atoms with Crippen molar-refractivity contribution >= 4 is 17.3 Å². The Bertz CT molecular complexity index is 986. The van der Waals surface area contributed by atoms with E-state index in [1.807, 2.05) is 62.6 Å². The fraction of sp³-hybridized carbons (Fsp3) is 0.500. The molecule has 31 heavy (non-hydrogen) atoms. The Morgan fingerprint density at radius 2 is 1.81 bits per heavy atom. The Labute approximate surface area is 183 Å². The average Bonchev–Trinajstić information content (AvgIpc) is 2.73. The van der Waals surface area contributed by atoms with Crippen LogP contribution in [0.4, 0.5) is 11.4 Å². The van der Waals surface area contributed by atoms with Crippen LogP contribution in [0.25, 0.3) is 0 Å². The molecule has 0 radical (unpaired) electrons. The standard InChI is InChI=1S/C24H32N2O5/c1-15-20(22(23(28)29)31-24(3,4)5)26(18-11-13-30-14-12-18)16(2)19(21(15)27)25-17-9-7-6-8-10-17/h6-10,18,22,25H,11-14H2,1-5H3,(H,28,29). The third-order valence-electron chi connectivity index (χ3n) is 5.48. The highest BCUT2D eigenvalue weighted by molar-refractivity contribution is 5.75. The van der Waals surface area contributed by atoms with Gasteiger partial charge in [-0.15, -0.1) is 0 Å². The first-order chi connectivity index (χ1) is 14.6. The van der Waals surface area contributed by atoms with Crippen LogP contribution >= 0.6 is 0 Å². The molecule has 1 aromatic carbocycles. The van der Waals surface area contributed by atoms with Crippen molar-refractivity contribution in [1.82, 2.24) is 4.57 Å². The number of rotatable bonds is 6. The number of aromatic nitrogens is 1. The van der Waals surface area contributed by atoms with Gasteiger partial charge < -0.3 is 24.5 Å². The number of carboxylic acids is 1. The Balaban J connectivity index is 2.23. The first-order valence-electron chi connectivity index (χ1n) is 10.7. The van der Waals surface area contributed by atoms with Crippen LogP contribution in [0.15, 0.2) is 35.1 Å². The van der Waals surface area contributed by atoms with Gasteiger partial charge >= 0.3 is 5.97 Å². The van der Waals surface area contributed by atoms with Crippen LogP contribution in [0, 0.1) is 13.8 Å². The molecule has 1 atom stereocenters. The van der Waals surface area contributed by atoms with Crippen LogP contribution in [-0.2, 0) is 14.3 Å². The molecule has 1 aliphatic heterocycles. The Kier molecular flexibility index (Phi) is 6.86. The van der Waals surface area contributed by atoms with E-state index in [0.29, 0.717) is 35.9 Å². The number of carboxylic acid groups (broad SMARTS) is 1. The molecule has 0 saturated carbocycles. The van der Waals surface area contributed by atoms with E-state index in [1.165, 1.54) is 0 Å². The molecule has 7 heteroatoms. The first kappa shape index (κ1) is 23.0. The highest BCUT2D eigenvalue weighted by Crippen LogP contribution is 2.34. The van der Waals surface area contributed by atoms with Gasteiger partial charge in [0.1, 0.15) is 5.69 Å². The van der Waals surface area contributed by atoms with E-state index >= 15 is 0 Å². The second-order valence-corrected chi connectivity index (χ2v) is 8.95. The quantitative estimate of drug-likeness (QED) is 0.704. The molecule has 0 bridgehead atoms. The van der Waals surface area contributed by atoms with E-state index in [2.05, 4.69) is 5.32 Å². The summed E-state index contributed by atoms with van der Waals surface area (Å²) in [4.78, 5) is 25.7. The summed E-state index contributed by atoms with van der Waals surface area (Å²) in [7, 11) is 0. The molecule has 1 aromatic heterocycles. The van der Waals surface area contributed by atoms with Crippen LogP contribution in [-0.4, -0.2) is 34.5 Å². The average molecular weight is 429 g/mol. The molecule has 1 saturated heterocycles. The maximum absolute atomic E-state index is 13.4. The normalized spacial score (nSPS) is 16.2. The number of hydrogen-bond donors (Lipinski definition) is 2. The summed E-state index contributed by atoms with van der Waals surface area (Å²) in [5.74, 6) is -1.11. The van der Waals surface area contributed by atoms with Crippen molar-refractivity contribution in [2.45, 2.75) is 65.2 Å².